The van der Waals surface area contributed by atoms with Gasteiger partial charge in [-0.05, 0) is 25.7 Å². The monoisotopic (exact) mass is 342 g/mol. The summed E-state index contributed by atoms with van der Waals surface area (Å²) in [4.78, 5) is 0. The summed E-state index contributed by atoms with van der Waals surface area (Å²) in [5.74, 6) is 0. The van der Waals surface area contributed by atoms with E-state index in [0.29, 0.717) is 0 Å². The summed E-state index contributed by atoms with van der Waals surface area (Å²) >= 11 is 0. The second kappa shape index (κ2) is 22.9. The Labute approximate surface area is 153 Å². The fourth-order valence-corrected chi connectivity index (χ4v) is 2.93. The van der Waals surface area contributed by atoms with Gasteiger partial charge in [0, 0.05) is 26.4 Å². The predicted molar refractivity (Wildman–Crippen MR) is 107 cm³/mol. The van der Waals surface area contributed by atoms with Gasteiger partial charge in [0.2, 0.25) is 0 Å². The first-order valence-electron chi connectivity index (χ1n) is 11.1. The van der Waals surface area contributed by atoms with Crippen LogP contribution in [0.15, 0.2) is 0 Å². The van der Waals surface area contributed by atoms with Crippen molar-refractivity contribution in [3.8, 4) is 0 Å². The molecule has 0 aromatic rings. The molecule has 0 atom stereocenters. The van der Waals surface area contributed by atoms with Crippen molar-refractivity contribution in [2.24, 2.45) is 0 Å². The Balaban J connectivity index is 2.93. The van der Waals surface area contributed by atoms with Crippen LogP contribution in [0.4, 0.5) is 0 Å². The molecule has 0 fully saturated rings. The van der Waals surface area contributed by atoms with E-state index in [0.717, 1.165) is 26.4 Å². The molecule has 0 unspecified atom stereocenters. The molecule has 0 aliphatic carbocycles. The van der Waals surface area contributed by atoms with Gasteiger partial charge in [-0.3, -0.25) is 0 Å². The molecule has 0 aliphatic heterocycles. The Bertz CT molecular complexity index is 184. The van der Waals surface area contributed by atoms with E-state index in [1.165, 1.54) is 103 Å². The summed E-state index contributed by atoms with van der Waals surface area (Å²) in [6, 6.07) is 0. The smallest absolute Gasteiger partial charge is 0.0466 e. The van der Waals surface area contributed by atoms with Crippen molar-refractivity contribution in [3.63, 3.8) is 0 Å². The molecule has 2 nitrogen and oxygen atoms in total. The van der Waals surface area contributed by atoms with Gasteiger partial charge in [-0.15, -0.1) is 0 Å². The summed E-state index contributed by atoms with van der Waals surface area (Å²) in [7, 11) is 0. The van der Waals surface area contributed by atoms with E-state index in [1.54, 1.807) is 0 Å². The average molecular weight is 343 g/mol. The highest BCUT2D eigenvalue weighted by molar-refractivity contribution is 4.46. The first-order chi connectivity index (χ1) is 11.9. The van der Waals surface area contributed by atoms with Gasteiger partial charge < -0.3 is 9.47 Å². The van der Waals surface area contributed by atoms with Gasteiger partial charge in [0.25, 0.3) is 0 Å². The van der Waals surface area contributed by atoms with Crippen LogP contribution in [-0.4, -0.2) is 26.4 Å². The molecule has 0 radical (unpaired) electrons. The third-order valence-corrected chi connectivity index (χ3v) is 4.61. The number of rotatable bonds is 21. The van der Waals surface area contributed by atoms with Crippen LogP contribution in [0.3, 0.4) is 0 Å². The van der Waals surface area contributed by atoms with E-state index in [-0.39, 0.29) is 0 Å². The molecule has 0 aromatic carbocycles. The second-order valence-electron chi connectivity index (χ2n) is 7.17. The molecule has 0 heterocycles. The highest BCUT2D eigenvalue weighted by Crippen LogP contribution is 2.07. The minimum absolute atomic E-state index is 0.952. The molecule has 0 aliphatic rings. The molecule has 146 valence electrons. The Hall–Kier alpha value is -0.0800. The predicted octanol–water partition coefficient (Wildman–Crippen LogP) is 7.30. The summed E-state index contributed by atoms with van der Waals surface area (Å²) < 4.78 is 11.4. The van der Waals surface area contributed by atoms with Crippen LogP contribution >= 0.6 is 0 Å². The van der Waals surface area contributed by atoms with E-state index in [9.17, 15) is 0 Å². The van der Waals surface area contributed by atoms with Crippen LogP contribution in [-0.2, 0) is 9.47 Å². The van der Waals surface area contributed by atoms with Gasteiger partial charge >= 0.3 is 0 Å². The van der Waals surface area contributed by atoms with Crippen molar-refractivity contribution in [3.05, 3.63) is 0 Å². The minimum Gasteiger partial charge on any atom is -0.381 e. The van der Waals surface area contributed by atoms with Crippen molar-refractivity contribution < 1.29 is 9.47 Å². The molecular weight excluding hydrogens is 296 g/mol. The van der Waals surface area contributed by atoms with E-state index in [1.807, 2.05) is 0 Å². The largest absolute Gasteiger partial charge is 0.381 e. The van der Waals surface area contributed by atoms with E-state index in [2.05, 4.69) is 13.8 Å². The van der Waals surface area contributed by atoms with Crippen LogP contribution < -0.4 is 0 Å². The van der Waals surface area contributed by atoms with Gasteiger partial charge in [0.05, 0.1) is 0 Å². The van der Waals surface area contributed by atoms with E-state index in [4.69, 9.17) is 9.47 Å². The fraction of sp³-hybridized carbons (Fsp3) is 1.00. The van der Waals surface area contributed by atoms with Gasteiger partial charge in [-0.1, -0.05) is 90.9 Å². The topological polar surface area (TPSA) is 18.5 Å². The summed E-state index contributed by atoms with van der Waals surface area (Å²) in [5, 5.41) is 0. The quantitative estimate of drug-likeness (QED) is 0.204. The summed E-state index contributed by atoms with van der Waals surface area (Å²) in [6.07, 6.45) is 21.2. The summed E-state index contributed by atoms with van der Waals surface area (Å²) in [6.45, 7) is 8.37. The van der Waals surface area contributed by atoms with Gasteiger partial charge in [0.1, 0.15) is 0 Å². The molecule has 24 heavy (non-hydrogen) atoms. The zero-order valence-electron chi connectivity index (χ0n) is 17.0. The number of ether oxygens (including phenoxy) is 2. The fourth-order valence-electron chi connectivity index (χ4n) is 2.93. The first-order valence-corrected chi connectivity index (χ1v) is 11.1. The van der Waals surface area contributed by atoms with Crippen LogP contribution in [0.1, 0.15) is 117 Å². The van der Waals surface area contributed by atoms with Crippen LogP contribution in [0.25, 0.3) is 0 Å². The standard InChI is InChI=1S/C22H46O2/c1-3-5-7-9-11-15-19-23-21-17-13-14-18-22-24-20-16-12-10-8-6-4-2/h3-22H2,1-2H3. The van der Waals surface area contributed by atoms with Crippen LogP contribution in [0.2, 0.25) is 0 Å². The SMILES string of the molecule is CCCCCCCCOCCCCCCOCCCCCCCC. The number of hydrogen-bond acceptors (Lipinski definition) is 2. The molecular formula is C22H46O2. The number of unbranched alkanes of at least 4 members (excludes halogenated alkanes) is 13. The molecule has 0 saturated carbocycles. The molecule has 0 N–H and O–H groups in total. The third-order valence-electron chi connectivity index (χ3n) is 4.61. The number of hydrogen-bond donors (Lipinski definition) is 0. The first kappa shape index (κ1) is 23.9. The zero-order chi connectivity index (χ0) is 17.6. The maximum atomic E-state index is 5.71. The van der Waals surface area contributed by atoms with Crippen molar-refractivity contribution in [1.82, 2.24) is 0 Å². The molecule has 0 saturated heterocycles. The van der Waals surface area contributed by atoms with Crippen LogP contribution in [0.5, 0.6) is 0 Å². The molecule has 2 heteroatoms. The minimum atomic E-state index is 0.952. The van der Waals surface area contributed by atoms with Gasteiger partial charge in [-0.25, -0.2) is 0 Å². The van der Waals surface area contributed by atoms with E-state index >= 15 is 0 Å². The van der Waals surface area contributed by atoms with E-state index < -0.39 is 0 Å². The highest BCUT2D eigenvalue weighted by Gasteiger charge is 1.94. The lowest BCUT2D eigenvalue weighted by Crippen LogP contribution is -1.99. The van der Waals surface area contributed by atoms with Gasteiger partial charge in [-0.2, -0.15) is 0 Å². The average Bonchev–Trinajstić information content (AvgIpc) is 2.60. The Morgan fingerprint density at radius 2 is 0.583 bits per heavy atom. The summed E-state index contributed by atoms with van der Waals surface area (Å²) in [5.41, 5.74) is 0. The Morgan fingerprint density at radius 1 is 0.333 bits per heavy atom. The molecule has 0 amide bonds. The lowest BCUT2D eigenvalue weighted by Gasteiger charge is -2.06. The van der Waals surface area contributed by atoms with Crippen molar-refractivity contribution in [2.75, 3.05) is 26.4 Å². The van der Waals surface area contributed by atoms with Crippen LogP contribution in [0, 0.1) is 0 Å². The molecule has 0 spiro atoms. The maximum Gasteiger partial charge on any atom is 0.0466 e. The molecule has 0 bridgehead atoms. The normalized spacial score (nSPS) is 11.2. The lowest BCUT2D eigenvalue weighted by molar-refractivity contribution is 0.117. The highest BCUT2D eigenvalue weighted by atomic mass is 16.5. The third kappa shape index (κ3) is 21.9. The molecule has 0 aromatic heterocycles. The Kier molecular flexibility index (Phi) is 22.8. The van der Waals surface area contributed by atoms with Crippen molar-refractivity contribution in [1.29, 1.82) is 0 Å². The Morgan fingerprint density at radius 3 is 0.875 bits per heavy atom. The van der Waals surface area contributed by atoms with Crippen molar-refractivity contribution >= 4 is 0 Å². The molecule has 0 rings (SSSR count). The zero-order valence-corrected chi connectivity index (χ0v) is 17.0. The maximum absolute atomic E-state index is 5.71. The second-order valence-corrected chi connectivity index (χ2v) is 7.17. The van der Waals surface area contributed by atoms with Gasteiger partial charge in [0.15, 0.2) is 0 Å². The lowest BCUT2D eigenvalue weighted by atomic mass is 10.1. The van der Waals surface area contributed by atoms with Crippen molar-refractivity contribution in [2.45, 2.75) is 117 Å².